The van der Waals surface area contributed by atoms with E-state index in [9.17, 15) is 9.18 Å². The molecule has 0 saturated carbocycles. The van der Waals surface area contributed by atoms with Gasteiger partial charge in [-0.25, -0.2) is 9.37 Å². The predicted octanol–water partition coefficient (Wildman–Crippen LogP) is 4.66. The number of nitrogens with one attached hydrogen (secondary N) is 1. The van der Waals surface area contributed by atoms with E-state index in [1.165, 1.54) is 23.5 Å². The molecular formula is C19H17FN2O2S. The van der Waals surface area contributed by atoms with E-state index in [-0.39, 0.29) is 11.7 Å². The first-order chi connectivity index (χ1) is 12.0. The smallest absolute Gasteiger partial charge is 0.266 e. The summed E-state index contributed by atoms with van der Waals surface area (Å²) >= 11 is 1.31. The van der Waals surface area contributed by atoms with Gasteiger partial charge in [-0.2, -0.15) is 0 Å². The summed E-state index contributed by atoms with van der Waals surface area (Å²) in [4.78, 5) is 16.6. The second-order valence-electron chi connectivity index (χ2n) is 5.61. The molecule has 1 aromatic heterocycles. The average molecular weight is 356 g/mol. The lowest BCUT2D eigenvalue weighted by atomic mass is 10.2. The van der Waals surface area contributed by atoms with E-state index in [4.69, 9.17) is 4.74 Å². The van der Waals surface area contributed by atoms with Gasteiger partial charge in [0.1, 0.15) is 11.6 Å². The van der Waals surface area contributed by atoms with Gasteiger partial charge < -0.3 is 4.74 Å². The fourth-order valence-corrected chi connectivity index (χ4v) is 2.96. The molecule has 25 heavy (non-hydrogen) atoms. The van der Waals surface area contributed by atoms with Crippen LogP contribution in [0.5, 0.6) is 5.75 Å². The number of amides is 1. The van der Waals surface area contributed by atoms with Crippen molar-refractivity contribution in [2.24, 2.45) is 0 Å². The Morgan fingerprint density at radius 1 is 1.24 bits per heavy atom. The SMILES string of the molecule is Cc1cccc(OC(C)C(=O)Nc2nc(-c3ccc(F)cc3)cs2)c1. The molecule has 1 amide bonds. The van der Waals surface area contributed by atoms with E-state index in [1.807, 2.05) is 36.6 Å². The molecule has 0 radical (unpaired) electrons. The third kappa shape index (κ3) is 4.42. The number of nitrogens with zero attached hydrogens (tertiary/aromatic N) is 1. The van der Waals surface area contributed by atoms with Crippen molar-refractivity contribution in [3.05, 3.63) is 65.3 Å². The lowest BCUT2D eigenvalue weighted by molar-refractivity contribution is -0.122. The minimum atomic E-state index is -0.653. The van der Waals surface area contributed by atoms with Crippen molar-refractivity contribution in [2.45, 2.75) is 20.0 Å². The monoisotopic (exact) mass is 356 g/mol. The number of benzene rings is 2. The summed E-state index contributed by atoms with van der Waals surface area (Å²) in [5.41, 5.74) is 2.55. The number of ether oxygens (including phenoxy) is 1. The number of carbonyl (C=O) groups excluding carboxylic acids is 1. The molecule has 0 aliphatic heterocycles. The summed E-state index contributed by atoms with van der Waals surface area (Å²) < 4.78 is 18.6. The van der Waals surface area contributed by atoms with Crippen LogP contribution < -0.4 is 10.1 Å². The maximum Gasteiger partial charge on any atom is 0.266 e. The average Bonchev–Trinajstić information content (AvgIpc) is 3.04. The van der Waals surface area contributed by atoms with Crippen LogP contribution in [0.3, 0.4) is 0 Å². The molecule has 1 heterocycles. The molecular weight excluding hydrogens is 339 g/mol. The number of halogens is 1. The number of rotatable bonds is 5. The normalized spacial score (nSPS) is 11.8. The van der Waals surface area contributed by atoms with Crippen molar-refractivity contribution in [3.63, 3.8) is 0 Å². The molecule has 128 valence electrons. The Labute approximate surface area is 149 Å². The summed E-state index contributed by atoms with van der Waals surface area (Å²) in [5, 5.41) is 5.04. The van der Waals surface area contributed by atoms with Gasteiger partial charge in [0, 0.05) is 10.9 Å². The second-order valence-corrected chi connectivity index (χ2v) is 6.47. The molecule has 3 rings (SSSR count). The Morgan fingerprint density at radius 2 is 2.00 bits per heavy atom. The van der Waals surface area contributed by atoms with Crippen LogP contribution in [0.4, 0.5) is 9.52 Å². The molecule has 0 bridgehead atoms. The topological polar surface area (TPSA) is 51.2 Å². The van der Waals surface area contributed by atoms with Crippen molar-refractivity contribution in [1.82, 2.24) is 4.98 Å². The molecule has 6 heteroatoms. The number of aromatic nitrogens is 1. The first-order valence-corrected chi connectivity index (χ1v) is 8.65. The predicted molar refractivity (Wildman–Crippen MR) is 97.4 cm³/mol. The molecule has 3 aromatic rings. The Balaban J connectivity index is 1.64. The number of carbonyl (C=O) groups is 1. The maximum atomic E-state index is 13.0. The van der Waals surface area contributed by atoms with Crippen LogP contribution >= 0.6 is 11.3 Å². The Hall–Kier alpha value is -2.73. The fraction of sp³-hybridized carbons (Fsp3) is 0.158. The molecule has 0 aliphatic carbocycles. The van der Waals surface area contributed by atoms with Gasteiger partial charge in [-0.3, -0.25) is 10.1 Å². The van der Waals surface area contributed by atoms with E-state index in [0.717, 1.165) is 11.1 Å². The van der Waals surface area contributed by atoms with E-state index in [2.05, 4.69) is 10.3 Å². The van der Waals surface area contributed by atoms with Gasteiger partial charge in [0.05, 0.1) is 5.69 Å². The van der Waals surface area contributed by atoms with Crippen molar-refractivity contribution >= 4 is 22.4 Å². The van der Waals surface area contributed by atoms with Crippen molar-refractivity contribution in [2.75, 3.05) is 5.32 Å². The molecule has 0 fully saturated rings. The minimum Gasteiger partial charge on any atom is -0.481 e. The van der Waals surface area contributed by atoms with Crippen molar-refractivity contribution in [3.8, 4) is 17.0 Å². The zero-order valence-electron chi connectivity index (χ0n) is 13.8. The van der Waals surface area contributed by atoms with Gasteiger partial charge in [0.2, 0.25) is 0 Å². The first-order valence-electron chi connectivity index (χ1n) is 7.77. The number of hydrogen-bond donors (Lipinski definition) is 1. The zero-order valence-corrected chi connectivity index (χ0v) is 14.6. The third-order valence-corrected chi connectivity index (χ3v) is 4.30. The highest BCUT2D eigenvalue weighted by Crippen LogP contribution is 2.25. The molecule has 1 atom stereocenters. The van der Waals surface area contributed by atoms with Crippen LogP contribution in [0.1, 0.15) is 12.5 Å². The molecule has 1 N–H and O–H groups in total. The van der Waals surface area contributed by atoms with Gasteiger partial charge in [-0.15, -0.1) is 11.3 Å². The summed E-state index contributed by atoms with van der Waals surface area (Å²) in [6.07, 6.45) is -0.653. The van der Waals surface area contributed by atoms with Gasteiger partial charge in [0.25, 0.3) is 5.91 Å². The van der Waals surface area contributed by atoms with E-state index in [1.54, 1.807) is 19.1 Å². The quantitative estimate of drug-likeness (QED) is 0.723. The summed E-state index contributed by atoms with van der Waals surface area (Å²) in [6.45, 7) is 3.65. The number of anilines is 1. The highest BCUT2D eigenvalue weighted by Gasteiger charge is 2.16. The molecule has 0 spiro atoms. The van der Waals surface area contributed by atoms with Gasteiger partial charge in [0.15, 0.2) is 11.2 Å². The van der Waals surface area contributed by atoms with Crippen LogP contribution in [-0.4, -0.2) is 17.0 Å². The zero-order chi connectivity index (χ0) is 17.8. The van der Waals surface area contributed by atoms with Crippen LogP contribution in [0.25, 0.3) is 11.3 Å². The Bertz CT molecular complexity index is 877. The molecule has 2 aromatic carbocycles. The standard InChI is InChI=1S/C19H17FN2O2S/c1-12-4-3-5-16(10-12)24-13(2)18(23)22-19-21-17(11-25-19)14-6-8-15(20)9-7-14/h3-11,13H,1-2H3,(H,21,22,23). The third-order valence-electron chi connectivity index (χ3n) is 3.55. The van der Waals surface area contributed by atoms with Crippen LogP contribution in [0.15, 0.2) is 53.9 Å². The van der Waals surface area contributed by atoms with Crippen LogP contribution in [0, 0.1) is 12.7 Å². The number of thiazole rings is 1. The van der Waals surface area contributed by atoms with Crippen molar-refractivity contribution in [1.29, 1.82) is 0 Å². The summed E-state index contributed by atoms with van der Waals surface area (Å²) in [5.74, 6) is 0.0740. The Kier molecular flexibility index (Phi) is 5.09. The Morgan fingerprint density at radius 3 is 2.72 bits per heavy atom. The highest BCUT2D eigenvalue weighted by atomic mass is 32.1. The van der Waals surface area contributed by atoms with Crippen LogP contribution in [-0.2, 0) is 4.79 Å². The van der Waals surface area contributed by atoms with Gasteiger partial charge >= 0.3 is 0 Å². The van der Waals surface area contributed by atoms with E-state index >= 15 is 0 Å². The molecule has 0 aliphatic rings. The largest absolute Gasteiger partial charge is 0.481 e. The highest BCUT2D eigenvalue weighted by molar-refractivity contribution is 7.14. The summed E-state index contributed by atoms with van der Waals surface area (Å²) in [7, 11) is 0. The first kappa shape index (κ1) is 17.1. The number of hydrogen-bond acceptors (Lipinski definition) is 4. The van der Waals surface area contributed by atoms with Gasteiger partial charge in [-0.1, -0.05) is 12.1 Å². The van der Waals surface area contributed by atoms with Crippen LogP contribution in [0.2, 0.25) is 0 Å². The second kappa shape index (κ2) is 7.44. The van der Waals surface area contributed by atoms with E-state index < -0.39 is 6.10 Å². The number of aryl methyl sites for hydroxylation is 1. The fourth-order valence-electron chi connectivity index (χ4n) is 2.24. The van der Waals surface area contributed by atoms with Crippen molar-refractivity contribution < 1.29 is 13.9 Å². The maximum absolute atomic E-state index is 13.0. The lowest BCUT2D eigenvalue weighted by Crippen LogP contribution is -2.30. The van der Waals surface area contributed by atoms with Gasteiger partial charge in [-0.05, 0) is 55.8 Å². The molecule has 0 saturated heterocycles. The molecule has 4 nitrogen and oxygen atoms in total. The lowest BCUT2D eigenvalue weighted by Gasteiger charge is -2.14. The van der Waals surface area contributed by atoms with E-state index in [0.29, 0.717) is 16.6 Å². The minimum absolute atomic E-state index is 0.276. The summed E-state index contributed by atoms with van der Waals surface area (Å²) in [6, 6.07) is 13.6. The molecule has 1 unspecified atom stereocenters.